The Morgan fingerprint density at radius 1 is 1.11 bits per heavy atom. The summed E-state index contributed by atoms with van der Waals surface area (Å²) in [6, 6.07) is 11.4. The third kappa shape index (κ3) is 8.98. The van der Waals surface area contributed by atoms with Gasteiger partial charge in [0.2, 0.25) is 0 Å². The second-order valence-corrected chi connectivity index (χ2v) is 9.83. The summed E-state index contributed by atoms with van der Waals surface area (Å²) in [4.78, 5) is 24.4. The van der Waals surface area contributed by atoms with Crippen molar-refractivity contribution >= 4 is 23.6 Å². The topological polar surface area (TPSA) is 88.7 Å². The quantitative estimate of drug-likeness (QED) is 0.325. The molecule has 0 aromatic heterocycles. The van der Waals surface area contributed by atoms with Crippen molar-refractivity contribution in [2.75, 3.05) is 33.9 Å². The van der Waals surface area contributed by atoms with Gasteiger partial charge in [-0.05, 0) is 55.3 Å². The largest absolute Gasteiger partial charge is 0.453 e. The predicted molar refractivity (Wildman–Crippen MR) is 142 cm³/mol. The van der Waals surface area contributed by atoms with E-state index in [9.17, 15) is 9.59 Å². The Labute approximate surface area is 223 Å². The van der Waals surface area contributed by atoms with E-state index < -0.39 is 18.0 Å². The van der Waals surface area contributed by atoms with Crippen molar-refractivity contribution in [3.63, 3.8) is 0 Å². The van der Waals surface area contributed by atoms with Crippen LogP contribution in [0, 0.1) is 11.7 Å². The summed E-state index contributed by atoms with van der Waals surface area (Å²) in [7, 11) is 3.18. The zero-order valence-electron chi connectivity index (χ0n) is 21.5. The van der Waals surface area contributed by atoms with Gasteiger partial charge in [-0.3, -0.25) is 4.79 Å². The van der Waals surface area contributed by atoms with Crippen molar-refractivity contribution in [1.82, 2.24) is 16.0 Å². The summed E-state index contributed by atoms with van der Waals surface area (Å²) < 4.78 is 25.6. The van der Waals surface area contributed by atoms with Crippen LogP contribution in [-0.2, 0) is 9.47 Å². The lowest BCUT2D eigenvalue weighted by molar-refractivity contribution is 0.0781. The third-order valence-electron chi connectivity index (χ3n) is 6.79. The molecule has 2 amide bonds. The van der Waals surface area contributed by atoms with Crippen LogP contribution in [0.4, 0.5) is 9.18 Å². The van der Waals surface area contributed by atoms with Crippen molar-refractivity contribution in [1.29, 1.82) is 0 Å². The van der Waals surface area contributed by atoms with Crippen LogP contribution in [0.5, 0.6) is 0 Å². The fraction of sp³-hybridized carbons (Fsp3) is 0.500. The van der Waals surface area contributed by atoms with Gasteiger partial charge in [0.15, 0.2) is 0 Å². The summed E-state index contributed by atoms with van der Waals surface area (Å²) in [5.41, 5.74) is 1.18. The van der Waals surface area contributed by atoms with E-state index in [4.69, 9.17) is 16.3 Å². The molecule has 0 saturated heterocycles. The van der Waals surface area contributed by atoms with Crippen LogP contribution in [-0.4, -0.2) is 51.9 Å². The van der Waals surface area contributed by atoms with Gasteiger partial charge in [0, 0.05) is 35.3 Å². The second kappa shape index (κ2) is 14.9. The van der Waals surface area contributed by atoms with Crippen LogP contribution in [0.25, 0.3) is 0 Å². The van der Waals surface area contributed by atoms with Crippen LogP contribution >= 0.6 is 11.6 Å². The first-order valence-corrected chi connectivity index (χ1v) is 13.2. The lowest BCUT2D eigenvalue weighted by atomic mass is 9.85. The van der Waals surface area contributed by atoms with Gasteiger partial charge in [-0.1, -0.05) is 55.8 Å². The number of methoxy groups -OCH3 is 1. The lowest BCUT2D eigenvalue weighted by Crippen LogP contribution is -2.40. The van der Waals surface area contributed by atoms with Crippen LogP contribution in [0.15, 0.2) is 42.5 Å². The summed E-state index contributed by atoms with van der Waals surface area (Å²) in [6.45, 7) is 0.747. The molecule has 0 spiro atoms. The van der Waals surface area contributed by atoms with Crippen LogP contribution in [0.3, 0.4) is 0 Å². The van der Waals surface area contributed by atoms with Gasteiger partial charge in [-0.15, -0.1) is 0 Å². The summed E-state index contributed by atoms with van der Waals surface area (Å²) >= 11 is 6.18. The molecule has 0 heterocycles. The molecule has 37 heavy (non-hydrogen) atoms. The first-order valence-electron chi connectivity index (χ1n) is 12.8. The van der Waals surface area contributed by atoms with E-state index in [1.807, 2.05) is 7.05 Å². The van der Waals surface area contributed by atoms with Gasteiger partial charge in [0.1, 0.15) is 11.9 Å². The number of hydrogen-bond acceptors (Lipinski definition) is 5. The number of alkyl carbamates (subject to hydrolysis) is 1. The summed E-state index contributed by atoms with van der Waals surface area (Å²) in [6.07, 6.45) is 5.96. The van der Waals surface area contributed by atoms with Crippen molar-refractivity contribution in [3.8, 4) is 0 Å². The number of ether oxygens (including phenoxy) is 2. The number of nitrogens with one attached hydrogen (secondary N) is 3. The molecule has 1 aliphatic carbocycles. The molecular formula is C28H37ClFN3O4. The van der Waals surface area contributed by atoms with Crippen LogP contribution < -0.4 is 16.0 Å². The smallest absolute Gasteiger partial charge is 0.406 e. The van der Waals surface area contributed by atoms with Crippen molar-refractivity contribution < 1.29 is 23.5 Å². The fourth-order valence-electron chi connectivity index (χ4n) is 4.77. The van der Waals surface area contributed by atoms with Gasteiger partial charge in [-0.2, -0.15) is 0 Å². The minimum absolute atomic E-state index is 0.0904. The molecule has 2 aromatic carbocycles. The highest BCUT2D eigenvalue weighted by atomic mass is 35.5. The van der Waals surface area contributed by atoms with Gasteiger partial charge in [0.05, 0.1) is 13.7 Å². The molecular weight excluding hydrogens is 497 g/mol. The molecule has 3 rings (SSSR count). The Morgan fingerprint density at radius 3 is 2.59 bits per heavy atom. The highest BCUT2D eigenvalue weighted by Crippen LogP contribution is 2.31. The Morgan fingerprint density at radius 2 is 1.89 bits per heavy atom. The number of halogens is 2. The molecule has 1 saturated carbocycles. The lowest BCUT2D eigenvalue weighted by Gasteiger charge is -2.26. The third-order valence-corrected chi connectivity index (χ3v) is 7.03. The molecule has 1 fully saturated rings. The maximum atomic E-state index is 15.0. The number of amides is 2. The van der Waals surface area contributed by atoms with E-state index in [-0.39, 0.29) is 30.7 Å². The molecule has 9 heteroatoms. The Balaban J connectivity index is 1.72. The molecule has 2 aromatic rings. The minimum atomic E-state index is -0.831. The second-order valence-electron chi connectivity index (χ2n) is 9.40. The SMILES string of the molecule is CNC(CNC(=O)c1ccc(F)c([C@@H](OCCNC(=O)OC)c2cccc(Cl)c2)c1)CC1CCCCC1. The van der Waals surface area contributed by atoms with E-state index in [1.54, 1.807) is 24.3 Å². The average molecular weight is 534 g/mol. The molecule has 1 unspecified atom stereocenters. The first kappa shape index (κ1) is 28.9. The highest BCUT2D eigenvalue weighted by Gasteiger charge is 2.23. The van der Waals surface area contributed by atoms with E-state index in [1.165, 1.54) is 57.4 Å². The molecule has 202 valence electrons. The molecule has 3 N–H and O–H groups in total. The van der Waals surface area contributed by atoms with E-state index in [0.717, 1.165) is 6.42 Å². The van der Waals surface area contributed by atoms with Gasteiger partial charge in [-0.25, -0.2) is 9.18 Å². The molecule has 0 bridgehead atoms. The monoisotopic (exact) mass is 533 g/mol. The minimum Gasteiger partial charge on any atom is -0.453 e. The van der Waals surface area contributed by atoms with E-state index >= 15 is 4.39 Å². The summed E-state index contributed by atoms with van der Waals surface area (Å²) in [5.74, 6) is -0.0972. The normalized spacial score (nSPS) is 15.6. The molecule has 7 nitrogen and oxygen atoms in total. The zero-order chi connectivity index (χ0) is 26.6. The average Bonchev–Trinajstić information content (AvgIpc) is 2.91. The van der Waals surface area contributed by atoms with Gasteiger partial charge >= 0.3 is 6.09 Å². The zero-order valence-corrected chi connectivity index (χ0v) is 22.3. The number of rotatable bonds is 12. The maximum absolute atomic E-state index is 15.0. The summed E-state index contributed by atoms with van der Waals surface area (Å²) in [5, 5.41) is 9.32. The highest BCUT2D eigenvalue weighted by molar-refractivity contribution is 6.30. The van der Waals surface area contributed by atoms with Gasteiger partial charge < -0.3 is 25.4 Å². The first-order chi connectivity index (χ1) is 17.9. The Hall–Kier alpha value is -2.68. The number of hydrogen-bond donors (Lipinski definition) is 3. The number of carbonyl (C=O) groups excluding carboxylic acids is 2. The molecule has 0 radical (unpaired) electrons. The predicted octanol–water partition coefficient (Wildman–Crippen LogP) is 5.23. The van der Waals surface area contributed by atoms with Crippen molar-refractivity contribution in [2.24, 2.45) is 5.92 Å². The molecule has 1 aliphatic rings. The number of carbonyl (C=O) groups is 2. The van der Waals surface area contributed by atoms with Crippen LogP contribution in [0.1, 0.15) is 66.1 Å². The Bertz CT molecular complexity index is 1030. The van der Waals surface area contributed by atoms with E-state index in [0.29, 0.717) is 28.6 Å². The van der Waals surface area contributed by atoms with E-state index in [2.05, 4.69) is 20.7 Å². The maximum Gasteiger partial charge on any atom is 0.406 e. The number of benzene rings is 2. The van der Waals surface area contributed by atoms with Gasteiger partial charge in [0.25, 0.3) is 5.91 Å². The standard InChI is InChI=1S/C28H37ClFN3O4/c1-31-23(15-19-7-4-3-5-8-19)18-33-27(34)21-11-12-25(30)24(17-21)26(20-9-6-10-22(29)16-20)37-14-13-32-28(35)36-2/h6,9-12,16-17,19,23,26,31H,3-5,7-8,13-15,18H2,1-2H3,(H,32,35)(H,33,34)/t23?,26-/m0/s1. The van der Waals surface area contributed by atoms with Crippen LogP contribution in [0.2, 0.25) is 5.02 Å². The van der Waals surface area contributed by atoms with Crippen molar-refractivity contribution in [2.45, 2.75) is 50.7 Å². The Kier molecular flexibility index (Phi) is 11.6. The molecule has 0 aliphatic heterocycles. The van der Waals surface area contributed by atoms with Crippen molar-refractivity contribution in [3.05, 3.63) is 70.0 Å². The fourth-order valence-corrected chi connectivity index (χ4v) is 4.97. The molecule has 2 atom stereocenters. The number of likely N-dealkylation sites (N-methyl/N-ethyl adjacent to an activating group) is 1.